The molecule has 0 aliphatic carbocycles. The van der Waals surface area contributed by atoms with Gasteiger partial charge in [0.05, 0.1) is 119 Å². The van der Waals surface area contributed by atoms with E-state index < -0.39 is 65.3 Å². The van der Waals surface area contributed by atoms with Gasteiger partial charge in [-0.25, -0.2) is 4.79 Å². The molecule has 1 aliphatic rings. The lowest BCUT2D eigenvalue weighted by Crippen LogP contribution is -2.55. The second-order valence-corrected chi connectivity index (χ2v) is 17.4. The summed E-state index contributed by atoms with van der Waals surface area (Å²) in [5, 5.41) is 15.6. The van der Waals surface area contributed by atoms with E-state index in [9.17, 15) is 38.4 Å². The fraction of sp³-hybridized carbons (Fsp3) is 0.792. The van der Waals surface area contributed by atoms with Gasteiger partial charge in [-0.05, 0) is 60.3 Å². The van der Waals surface area contributed by atoms with Crippen LogP contribution in [0.1, 0.15) is 66.7 Å². The highest BCUT2D eigenvalue weighted by Gasteiger charge is 2.27. The van der Waals surface area contributed by atoms with Gasteiger partial charge < -0.3 is 84.0 Å². The Morgan fingerprint density at radius 3 is 1.41 bits per heavy atom. The molecule has 0 aromatic heterocycles. The molecule has 0 spiro atoms. The van der Waals surface area contributed by atoms with Gasteiger partial charge in [0.25, 0.3) is 11.8 Å². The zero-order valence-corrected chi connectivity index (χ0v) is 44.4. The number of carbonyl (C=O) groups excluding carboxylic acids is 8. The first-order chi connectivity index (χ1) is 35.5. The van der Waals surface area contributed by atoms with Crippen LogP contribution in [0.15, 0.2) is 12.2 Å². The normalized spacial score (nSPS) is 13.6. The number of methoxy groups -OCH3 is 1. The number of nitrogens with zero attached hydrogens (tertiary/aromatic N) is 1. The molecule has 0 radical (unpaired) electrons. The van der Waals surface area contributed by atoms with E-state index in [2.05, 4.69) is 31.9 Å². The van der Waals surface area contributed by atoms with Gasteiger partial charge in [0.15, 0.2) is 0 Å². The quantitative estimate of drug-likeness (QED) is 0.0312. The lowest BCUT2D eigenvalue weighted by atomic mass is 10.1. The Kier molecular flexibility index (Phi) is 39.3. The Bertz CT molecular complexity index is 1620. The summed E-state index contributed by atoms with van der Waals surface area (Å²) in [5.41, 5.74) is -0.682. The zero-order chi connectivity index (χ0) is 54.7. The summed E-state index contributed by atoms with van der Waals surface area (Å²) in [5.74, 6) is -3.67. The molecule has 1 heterocycles. The van der Waals surface area contributed by atoms with Crippen LogP contribution < -0.4 is 31.9 Å². The monoisotopic (exact) mass is 1060 g/mol. The number of hydrogen-bond acceptors (Lipinski definition) is 19. The number of alkyl carbamates (subject to hydrolysis) is 1. The molecule has 0 unspecified atom stereocenters. The van der Waals surface area contributed by atoms with E-state index in [4.69, 9.17) is 52.1 Å². The maximum atomic E-state index is 13.4. The summed E-state index contributed by atoms with van der Waals surface area (Å²) in [4.78, 5) is 101. The largest absolute Gasteiger partial charge is 0.444 e. The molecule has 6 N–H and O–H groups in total. The van der Waals surface area contributed by atoms with Crippen LogP contribution in [0.3, 0.4) is 0 Å². The molecule has 26 heteroatoms. The molecule has 1 aliphatic heterocycles. The molecule has 0 fully saturated rings. The van der Waals surface area contributed by atoms with E-state index in [1.165, 1.54) is 13.8 Å². The van der Waals surface area contributed by atoms with Crippen LogP contribution in [0.25, 0.3) is 0 Å². The second kappa shape index (κ2) is 43.4. The maximum Gasteiger partial charge on any atom is 0.407 e. The van der Waals surface area contributed by atoms with E-state index >= 15 is 0 Å². The van der Waals surface area contributed by atoms with Gasteiger partial charge in [-0.2, -0.15) is 0 Å². The summed E-state index contributed by atoms with van der Waals surface area (Å²) < 4.78 is 59.0. The van der Waals surface area contributed by atoms with E-state index in [-0.39, 0.29) is 71.2 Å². The van der Waals surface area contributed by atoms with Crippen LogP contribution in [0.4, 0.5) is 4.79 Å². The van der Waals surface area contributed by atoms with E-state index in [1.54, 1.807) is 27.9 Å². The summed E-state index contributed by atoms with van der Waals surface area (Å²) >= 11 is 0. The van der Waals surface area contributed by atoms with Crippen molar-refractivity contribution in [2.45, 2.75) is 90.4 Å². The third-order valence-electron chi connectivity index (χ3n) is 9.82. The van der Waals surface area contributed by atoms with Crippen LogP contribution in [0.5, 0.6) is 0 Å². The smallest absolute Gasteiger partial charge is 0.407 e. The van der Waals surface area contributed by atoms with Crippen molar-refractivity contribution in [2.24, 2.45) is 0 Å². The van der Waals surface area contributed by atoms with Gasteiger partial charge in [0.2, 0.25) is 29.5 Å². The SMILES string of the molecule is COCCOCCOCCOCCOCCOCCOCCOCCOCCOCC(=O)NCCCC[C@H](NC(=O)CCCN1C(=O)C=CC1=O)C(=O)N[C@@H](C)C(=O)N[C@@H](C)C(=O)NCCNC(=O)OC(C)(C)C. The summed E-state index contributed by atoms with van der Waals surface area (Å²) in [7, 11) is 1.63. The number of imide groups is 1. The summed E-state index contributed by atoms with van der Waals surface area (Å²) in [6, 6.07) is -3.18. The highest BCUT2D eigenvalue weighted by Crippen LogP contribution is 2.08. The molecule has 0 saturated carbocycles. The van der Waals surface area contributed by atoms with Crippen molar-refractivity contribution in [1.29, 1.82) is 0 Å². The number of nitrogens with one attached hydrogen (secondary N) is 6. The molecule has 26 nitrogen and oxygen atoms in total. The predicted molar refractivity (Wildman–Crippen MR) is 266 cm³/mol. The zero-order valence-electron chi connectivity index (χ0n) is 44.4. The molecule has 426 valence electrons. The van der Waals surface area contributed by atoms with Crippen molar-refractivity contribution < 1.29 is 90.5 Å². The second-order valence-electron chi connectivity index (χ2n) is 17.4. The third kappa shape index (κ3) is 37.8. The van der Waals surface area contributed by atoms with Crippen LogP contribution in [-0.2, 0) is 85.7 Å². The van der Waals surface area contributed by atoms with E-state index in [0.29, 0.717) is 119 Å². The molecule has 0 bridgehead atoms. The molecule has 0 saturated heterocycles. The van der Waals surface area contributed by atoms with Crippen molar-refractivity contribution in [3.8, 4) is 0 Å². The fourth-order valence-corrected chi connectivity index (χ4v) is 6.00. The molecule has 1 rings (SSSR count). The van der Waals surface area contributed by atoms with Crippen molar-refractivity contribution in [1.82, 2.24) is 36.8 Å². The average molecular weight is 1060 g/mol. The Morgan fingerprint density at radius 2 is 0.932 bits per heavy atom. The summed E-state index contributed by atoms with van der Waals surface area (Å²) in [6.45, 7) is 16.1. The third-order valence-corrected chi connectivity index (χ3v) is 9.82. The molecular weight excluding hydrogens is 979 g/mol. The minimum Gasteiger partial charge on any atom is -0.444 e. The molecule has 8 amide bonds. The fourth-order valence-electron chi connectivity index (χ4n) is 6.00. The number of amides is 8. The van der Waals surface area contributed by atoms with Crippen LogP contribution in [0, 0.1) is 0 Å². The van der Waals surface area contributed by atoms with Gasteiger partial charge in [0, 0.05) is 51.9 Å². The maximum absolute atomic E-state index is 13.4. The highest BCUT2D eigenvalue weighted by molar-refractivity contribution is 6.12. The topological polar surface area (TPSA) is 314 Å². The Morgan fingerprint density at radius 1 is 0.500 bits per heavy atom. The van der Waals surface area contributed by atoms with Crippen molar-refractivity contribution >= 4 is 47.4 Å². The van der Waals surface area contributed by atoms with Crippen molar-refractivity contribution in [3.63, 3.8) is 0 Å². The minimum atomic E-state index is -1.11. The van der Waals surface area contributed by atoms with Gasteiger partial charge >= 0.3 is 6.09 Å². The summed E-state index contributed by atoms with van der Waals surface area (Å²) in [6.07, 6.45) is 2.68. The van der Waals surface area contributed by atoms with Gasteiger partial charge in [0.1, 0.15) is 30.3 Å². The van der Waals surface area contributed by atoms with Crippen molar-refractivity contribution in [3.05, 3.63) is 12.2 Å². The number of rotatable bonds is 47. The number of ether oxygens (including phenoxy) is 11. The first kappa shape index (κ1) is 67.1. The molecular formula is C48H85N7O19. The molecule has 3 atom stereocenters. The minimum absolute atomic E-state index is 0.0158. The van der Waals surface area contributed by atoms with Crippen LogP contribution in [0.2, 0.25) is 0 Å². The van der Waals surface area contributed by atoms with Crippen LogP contribution >= 0.6 is 0 Å². The number of hydrogen-bond donors (Lipinski definition) is 6. The van der Waals surface area contributed by atoms with Crippen LogP contribution in [-0.4, -0.2) is 235 Å². The van der Waals surface area contributed by atoms with Gasteiger partial charge in [-0.3, -0.25) is 38.5 Å². The Balaban J connectivity index is 2.22. The average Bonchev–Trinajstić information content (AvgIpc) is 3.67. The first-order valence-electron chi connectivity index (χ1n) is 25.2. The molecule has 74 heavy (non-hydrogen) atoms. The highest BCUT2D eigenvalue weighted by atomic mass is 16.6. The van der Waals surface area contributed by atoms with Crippen molar-refractivity contribution in [2.75, 3.05) is 159 Å². The lowest BCUT2D eigenvalue weighted by Gasteiger charge is -2.23. The lowest BCUT2D eigenvalue weighted by molar-refractivity contribution is -0.137. The van der Waals surface area contributed by atoms with E-state index in [1.807, 2.05) is 0 Å². The standard InChI is InChI=1S/C48H85N7O19/c1-37(44(60)50-15-16-51-47(63)74-48(3,4)5)52-45(61)38(2)53-46(62)39(54-40(56)11-9-17-55-42(58)12-13-43(55)59)10-7-8-14-49-41(57)36-73-35-34-72-33-32-71-31-30-70-29-28-69-27-26-68-25-24-67-23-22-66-21-20-65-19-18-64-6/h12-13,37-39H,7-11,14-36H2,1-6H3,(H,49,57)(H,50,60)(H,51,63)(H,52,61)(H,53,62)(H,54,56)/t37-,38-,39-/m0/s1. The van der Waals surface area contributed by atoms with Gasteiger partial charge in [-0.15, -0.1) is 0 Å². The Labute approximate surface area is 435 Å². The Hall–Kier alpha value is -4.90. The predicted octanol–water partition coefficient (Wildman–Crippen LogP) is -1.09. The first-order valence-corrected chi connectivity index (χ1v) is 25.2. The van der Waals surface area contributed by atoms with Gasteiger partial charge in [-0.1, -0.05) is 0 Å². The number of carbonyl (C=O) groups is 8. The number of unbranched alkanes of at least 4 members (excludes halogenated alkanes) is 1. The van der Waals surface area contributed by atoms with E-state index in [0.717, 1.165) is 17.1 Å². The molecule has 0 aromatic rings. The molecule has 0 aromatic carbocycles.